The van der Waals surface area contributed by atoms with Gasteiger partial charge in [-0.3, -0.25) is 4.79 Å². The Hall–Kier alpha value is -1.73. The molecular formula is C13H15ClN2O2. The second kappa shape index (κ2) is 5.74. The van der Waals surface area contributed by atoms with Gasteiger partial charge in [-0.05, 0) is 32.4 Å². The molecule has 0 radical (unpaired) electrons. The van der Waals surface area contributed by atoms with Crippen LogP contribution in [0.2, 0.25) is 5.02 Å². The zero-order valence-corrected chi connectivity index (χ0v) is 11.1. The third-order valence-corrected chi connectivity index (χ3v) is 2.88. The first-order valence-electron chi connectivity index (χ1n) is 5.54. The maximum atomic E-state index is 10.6. The molecule has 0 heterocycles. The highest BCUT2D eigenvalue weighted by atomic mass is 35.5. The number of carbonyl (C=O) groups is 1. The van der Waals surface area contributed by atoms with Gasteiger partial charge in [0.15, 0.2) is 0 Å². The second-order valence-electron chi connectivity index (χ2n) is 4.68. The molecule has 1 aromatic carbocycles. The molecule has 4 nitrogen and oxygen atoms in total. The maximum Gasteiger partial charge on any atom is 0.303 e. The summed E-state index contributed by atoms with van der Waals surface area (Å²) in [5.41, 5.74) is 0.581. The molecule has 0 unspecified atom stereocenters. The van der Waals surface area contributed by atoms with E-state index in [9.17, 15) is 4.79 Å². The van der Waals surface area contributed by atoms with Gasteiger partial charge in [-0.15, -0.1) is 0 Å². The van der Waals surface area contributed by atoms with Gasteiger partial charge in [-0.1, -0.05) is 17.7 Å². The Morgan fingerprint density at radius 2 is 2.22 bits per heavy atom. The van der Waals surface area contributed by atoms with Gasteiger partial charge in [0.25, 0.3) is 0 Å². The summed E-state index contributed by atoms with van der Waals surface area (Å²) in [7, 11) is 0. The van der Waals surface area contributed by atoms with E-state index in [2.05, 4.69) is 5.32 Å². The van der Waals surface area contributed by atoms with Crippen molar-refractivity contribution >= 4 is 23.3 Å². The van der Waals surface area contributed by atoms with Gasteiger partial charge < -0.3 is 10.4 Å². The van der Waals surface area contributed by atoms with Crippen molar-refractivity contribution in [2.24, 2.45) is 0 Å². The molecule has 2 N–H and O–H groups in total. The highest BCUT2D eigenvalue weighted by molar-refractivity contribution is 6.32. The van der Waals surface area contributed by atoms with Crippen molar-refractivity contribution in [1.29, 1.82) is 5.26 Å². The van der Waals surface area contributed by atoms with Crippen LogP contribution in [-0.2, 0) is 4.79 Å². The smallest absolute Gasteiger partial charge is 0.303 e. The Balaban J connectivity index is 2.87. The first-order valence-corrected chi connectivity index (χ1v) is 5.92. The Morgan fingerprint density at radius 1 is 1.56 bits per heavy atom. The van der Waals surface area contributed by atoms with Crippen molar-refractivity contribution < 1.29 is 9.90 Å². The second-order valence-corrected chi connectivity index (χ2v) is 5.08. The molecule has 0 aliphatic rings. The summed E-state index contributed by atoms with van der Waals surface area (Å²) < 4.78 is 0. The van der Waals surface area contributed by atoms with Crippen molar-refractivity contribution in [3.05, 3.63) is 28.8 Å². The van der Waals surface area contributed by atoms with Crippen molar-refractivity contribution in [1.82, 2.24) is 0 Å². The normalized spacial score (nSPS) is 10.8. The molecule has 0 aliphatic carbocycles. The monoisotopic (exact) mass is 266 g/mol. The van der Waals surface area contributed by atoms with E-state index >= 15 is 0 Å². The lowest BCUT2D eigenvalue weighted by molar-refractivity contribution is -0.137. The zero-order chi connectivity index (χ0) is 13.8. The van der Waals surface area contributed by atoms with E-state index < -0.39 is 11.5 Å². The molecule has 1 aromatic rings. The summed E-state index contributed by atoms with van der Waals surface area (Å²) in [5, 5.41) is 21.3. The summed E-state index contributed by atoms with van der Waals surface area (Å²) in [6.45, 7) is 3.77. The van der Waals surface area contributed by atoms with Crippen molar-refractivity contribution in [3.8, 4) is 6.07 Å². The minimum Gasteiger partial charge on any atom is -0.481 e. The number of aliphatic carboxylic acids is 1. The van der Waals surface area contributed by atoms with Crippen LogP contribution < -0.4 is 5.32 Å². The van der Waals surface area contributed by atoms with Crippen LogP contribution in [0, 0.1) is 11.3 Å². The molecule has 0 spiro atoms. The Kier molecular flexibility index (Phi) is 4.57. The van der Waals surface area contributed by atoms with Crippen LogP contribution in [0.15, 0.2) is 18.2 Å². The van der Waals surface area contributed by atoms with Crippen LogP contribution in [-0.4, -0.2) is 16.6 Å². The Labute approximate surface area is 111 Å². The molecule has 0 atom stereocenters. The molecule has 0 aromatic heterocycles. The van der Waals surface area contributed by atoms with Gasteiger partial charge >= 0.3 is 5.97 Å². The van der Waals surface area contributed by atoms with Crippen LogP contribution in [0.4, 0.5) is 5.69 Å². The third kappa shape index (κ3) is 3.94. The number of hydrogen-bond acceptors (Lipinski definition) is 3. The average Bonchev–Trinajstić information content (AvgIpc) is 2.26. The minimum atomic E-state index is -0.837. The Bertz CT molecular complexity index is 492. The number of anilines is 1. The molecular weight excluding hydrogens is 252 g/mol. The summed E-state index contributed by atoms with van der Waals surface area (Å²) >= 11 is 5.93. The van der Waals surface area contributed by atoms with Gasteiger partial charge in [0.2, 0.25) is 0 Å². The fourth-order valence-corrected chi connectivity index (χ4v) is 1.81. The molecule has 0 amide bonds. The van der Waals surface area contributed by atoms with Gasteiger partial charge in [0.05, 0.1) is 16.3 Å². The van der Waals surface area contributed by atoms with Crippen LogP contribution in [0.25, 0.3) is 0 Å². The van der Waals surface area contributed by atoms with Gasteiger partial charge in [0.1, 0.15) is 6.07 Å². The van der Waals surface area contributed by atoms with E-state index in [0.29, 0.717) is 22.7 Å². The van der Waals surface area contributed by atoms with E-state index in [1.54, 1.807) is 18.2 Å². The lowest BCUT2D eigenvalue weighted by atomic mass is 9.97. The first kappa shape index (κ1) is 14.3. The van der Waals surface area contributed by atoms with Crippen LogP contribution in [0.5, 0.6) is 0 Å². The number of nitrogens with zero attached hydrogens (tertiary/aromatic N) is 1. The van der Waals surface area contributed by atoms with Gasteiger partial charge in [-0.2, -0.15) is 5.26 Å². The quantitative estimate of drug-likeness (QED) is 0.858. The topological polar surface area (TPSA) is 73.1 Å². The fourth-order valence-electron chi connectivity index (χ4n) is 1.59. The molecule has 5 heteroatoms. The number of carboxylic acid groups (broad SMARTS) is 1. The van der Waals surface area contributed by atoms with Gasteiger partial charge in [-0.25, -0.2) is 0 Å². The highest BCUT2D eigenvalue weighted by Crippen LogP contribution is 2.27. The summed E-state index contributed by atoms with van der Waals surface area (Å²) in [5.74, 6) is -0.837. The zero-order valence-electron chi connectivity index (χ0n) is 10.3. The number of carboxylic acids is 1. The molecule has 96 valence electrons. The SMILES string of the molecule is CC(C)(CCC(=O)O)Nc1cccc(Cl)c1C#N. The lowest BCUT2D eigenvalue weighted by Gasteiger charge is -2.27. The number of nitriles is 1. The number of nitrogens with one attached hydrogen (secondary N) is 1. The molecule has 18 heavy (non-hydrogen) atoms. The van der Waals surface area contributed by atoms with Crippen molar-refractivity contribution in [3.63, 3.8) is 0 Å². The fraction of sp³-hybridized carbons (Fsp3) is 0.385. The van der Waals surface area contributed by atoms with E-state index in [1.807, 2.05) is 19.9 Å². The Morgan fingerprint density at radius 3 is 2.78 bits per heavy atom. The van der Waals surface area contributed by atoms with Crippen LogP contribution in [0.1, 0.15) is 32.3 Å². The predicted octanol–water partition coefficient (Wildman–Crippen LogP) is 3.27. The average molecular weight is 267 g/mol. The number of hydrogen-bond donors (Lipinski definition) is 2. The largest absolute Gasteiger partial charge is 0.481 e. The van der Waals surface area contributed by atoms with Crippen LogP contribution >= 0.6 is 11.6 Å². The highest BCUT2D eigenvalue weighted by Gasteiger charge is 2.20. The summed E-state index contributed by atoms with van der Waals surface area (Å²) in [6.07, 6.45) is 0.530. The van der Waals surface area contributed by atoms with E-state index in [0.717, 1.165) is 0 Å². The summed E-state index contributed by atoms with van der Waals surface area (Å²) in [6, 6.07) is 7.19. The van der Waals surface area contributed by atoms with Gasteiger partial charge in [0, 0.05) is 12.0 Å². The van der Waals surface area contributed by atoms with E-state index in [1.165, 1.54) is 0 Å². The number of benzene rings is 1. The van der Waals surface area contributed by atoms with Crippen molar-refractivity contribution in [2.75, 3.05) is 5.32 Å². The number of halogens is 1. The molecule has 0 saturated carbocycles. The number of rotatable bonds is 5. The lowest BCUT2D eigenvalue weighted by Crippen LogP contribution is -2.31. The third-order valence-electron chi connectivity index (χ3n) is 2.56. The summed E-state index contributed by atoms with van der Waals surface area (Å²) in [4.78, 5) is 10.6. The molecule has 0 aliphatic heterocycles. The predicted molar refractivity (Wildman–Crippen MR) is 70.7 cm³/mol. The minimum absolute atomic E-state index is 0.0719. The van der Waals surface area contributed by atoms with Crippen LogP contribution in [0.3, 0.4) is 0 Å². The molecule has 0 fully saturated rings. The molecule has 1 rings (SSSR count). The molecule has 0 bridgehead atoms. The van der Waals surface area contributed by atoms with Crippen molar-refractivity contribution in [2.45, 2.75) is 32.2 Å². The maximum absolute atomic E-state index is 10.6. The first-order chi connectivity index (χ1) is 8.35. The molecule has 0 saturated heterocycles. The van der Waals surface area contributed by atoms with E-state index in [-0.39, 0.29) is 6.42 Å². The van der Waals surface area contributed by atoms with E-state index in [4.69, 9.17) is 22.0 Å². The standard InChI is InChI=1S/C13H15ClN2O2/c1-13(2,7-6-12(17)18)16-11-5-3-4-10(14)9(11)8-15/h3-5,16H,6-7H2,1-2H3,(H,17,18).